The van der Waals surface area contributed by atoms with Gasteiger partial charge in [0.05, 0.1) is 0 Å². The minimum atomic E-state index is -2.28. The molecule has 4 rings (SSSR count). The number of rotatable bonds is 4. The van der Waals surface area contributed by atoms with E-state index in [1.165, 1.54) is 25.0 Å². The molecule has 2 aromatic carbocycles. The van der Waals surface area contributed by atoms with Gasteiger partial charge in [-0.3, -0.25) is 9.34 Å². The molecule has 0 amide bonds. The maximum Gasteiger partial charge on any atom is 2.00 e. The van der Waals surface area contributed by atoms with Crippen molar-refractivity contribution in [2.24, 2.45) is 0 Å². The van der Waals surface area contributed by atoms with Crippen LogP contribution in [0, 0.1) is 11.6 Å². The second-order valence-electron chi connectivity index (χ2n) is 7.97. The fourth-order valence-corrected chi connectivity index (χ4v) is 11.2. The summed E-state index contributed by atoms with van der Waals surface area (Å²) in [4.78, 5) is 0. The molecule has 0 saturated carbocycles. The molecular weight excluding hydrogens is 561 g/mol. The summed E-state index contributed by atoms with van der Waals surface area (Å²) in [5.74, 6) is -0.488. The Bertz CT molecular complexity index is 922. The Hall–Kier alpha value is 1.48. The molecule has 176 valence electrons. The third-order valence-corrected chi connectivity index (χ3v) is 15.1. The second kappa shape index (κ2) is 14.4. The van der Waals surface area contributed by atoms with Gasteiger partial charge in [0.2, 0.25) is 0 Å². The van der Waals surface area contributed by atoms with Crippen LogP contribution in [0.4, 0.5) is 8.78 Å². The molecule has 0 bridgehead atoms. The van der Waals surface area contributed by atoms with Gasteiger partial charge in [-0.15, -0.1) is 23.6 Å². The van der Waals surface area contributed by atoms with E-state index in [0.717, 1.165) is 51.9 Å². The summed E-state index contributed by atoms with van der Waals surface area (Å²) >= 11 is 22.1. The van der Waals surface area contributed by atoms with E-state index in [0.29, 0.717) is 10.6 Å². The van der Waals surface area contributed by atoms with Crippen molar-refractivity contribution < 1.29 is 8.78 Å². The molecule has 0 spiro atoms. The Kier molecular flexibility index (Phi) is 13.4. The summed E-state index contributed by atoms with van der Waals surface area (Å²) in [6, 6.07) is 13.4. The van der Waals surface area contributed by atoms with Crippen molar-refractivity contribution in [1.82, 2.24) is 9.34 Å². The van der Waals surface area contributed by atoms with E-state index in [9.17, 15) is 8.78 Å². The summed E-state index contributed by atoms with van der Waals surface area (Å²) in [6.45, 7) is 3.70. The predicted octanol–water partition coefficient (Wildman–Crippen LogP) is 5.21. The number of benzene rings is 2. The Morgan fingerprint density at radius 3 is 1.21 bits per heavy atom. The van der Waals surface area contributed by atoms with Gasteiger partial charge in [-0.25, -0.2) is 8.78 Å². The molecular formula is C22H28CaF2N2P2S4. The zero-order valence-electron chi connectivity index (χ0n) is 18.6. The van der Waals surface area contributed by atoms with Gasteiger partial charge < -0.3 is 24.5 Å². The maximum atomic E-state index is 13.7. The standard InChI is InChI=1S/2C11H15FNPS2.Ca/c2*12-10-6-2-3-7-11(10)14(15,16)13-8-4-1-5-9-13;/h2*2-3,6-7H,1,4-5,8-9H2,(H,15,16);/q;;+2/p-2. The van der Waals surface area contributed by atoms with E-state index < -0.39 is 10.8 Å². The van der Waals surface area contributed by atoms with Crippen molar-refractivity contribution in [2.75, 3.05) is 26.2 Å². The summed E-state index contributed by atoms with van der Waals surface area (Å²) in [6.07, 6.45) is 6.98. The van der Waals surface area contributed by atoms with Gasteiger partial charge in [-0.1, -0.05) is 60.0 Å². The van der Waals surface area contributed by atoms with E-state index >= 15 is 0 Å². The topological polar surface area (TPSA) is 6.48 Å². The van der Waals surface area contributed by atoms with E-state index in [1.807, 2.05) is 12.1 Å². The first-order valence-electron chi connectivity index (χ1n) is 10.9. The molecule has 2 saturated heterocycles. The summed E-state index contributed by atoms with van der Waals surface area (Å²) in [5.41, 5.74) is 0. The molecule has 2 fully saturated rings. The molecule has 0 radical (unpaired) electrons. The molecule has 2 aliphatic heterocycles. The van der Waals surface area contributed by atoms with Crippen molar-refractivity contribution in [3.8, 4) is 0 Å². The first-order chi connectivity index (χ1) is 15.2. The van der Waals surface area contributed by atoms with Crippen LogP contribution in [0.15, 0.2) is 48.5 Å². The van der Waals surface area contributed by atoms with E-state index in [-0.39, 0.29) is 49.4 Å². The maximum absolute atomic E-state index is 13.7. The van der Waals surface area contributed by atoms with E-state index in [1.54, 1.807) is 24.3 Å². The van der Waals surface area contributed by atoms with Gasteiger partial charge in [0, 0.05) is 36.8 Å². The number of hydrogen-bond donors (Lipinski definition) is 0. The van der Waals surface area contributed by atoms with Crippen LogP contribution in [0.3, 0.4) is 0 Å². The van der Waals surface area contributed by atoms with Crippen LogP contribution < -0.4 is 10.6 Å². The zero-order chi connectivity index (χ0) is 23.2. The van der Waals surface area contributed by atoms with Crippen LogP contribution >= 0.6 is 10.8 Å². The van der Waals surface area contributed by atoms with Crippen LogP contribution in [-0.4, -0.2) is 73.3 Å². The van der Waals surface area contributed by atoms with Gasteiger partial charge in [-0.05, 0) is 37.8 Å². The SMILES string of the molecule is Fc1ccccc1P(=S)([S-])N1CCCCC1.Fc1ccccc1P(=S)([S-])N1CCCCC1.[Ca+2]. The molecule has 33 heavy (non-hydrogen) atoms. The molecule has 2 unspecified atom stereocenters. The van der Waals surface area contributed by atoms with Gasteiger partial charge in [0.25, 0.3) is 0 Å². The van der Waals surface area contributed by atoms with Crippen molar-refractivity contribution in [3.63, 3.8) is 0 Å². The predicted molar refractivity (Wildman–Crippen MR) is 152 cm³/mol. The van der Waals surface area contributed by atoms with E-state index in [4.69, 9.17) is 48.1 Å². The fourth-order valence-electron chi connectivity index (χ4n) is 3.95. The van der Waals surface area contributed by atoms with Crippen LogP contribution in [0.25, 0.3) is 0 Å². The molecule has 11 heteroatoms. The Morgan fingerprint density at radius 1 is 0.606 bits per heavy atom. The number of halogens is 2. The van der Waals surface area contributed by atoms with Crippen LogP contribution in [-0.2, 0) is 48.1 Å². The smallest absolute Gasteiger partial charge is 0.727 e. The van der Waals surface area contributed by atoms with E-state index in [2.05, 4.69) is 9.34 Å². The molecule has 2 aliphatic rings. The fraction of sp³-hybridized carbons (Fsp3) is 0.455. The van der Waals surface area contributed by atoms with Crippen LogP contribution in [0.1, 0.15) is 38.5 Å². The minimum Gasteiger partial charge on any atom is -0.727 e. The number of piperidine rings is 2. The number of hydrogen-bond acceptors (Lipinski definition) is 4. The average Bonchev–Trinajstić information content (AvgIpc) is 2.81. The van der Waals surface area contributed by atoms with Crippen molar-refractivity contribution >= 4 is 107 Å². The molecule has 2 aromatic rings. The Morgan fingerprint density at radius 2 is 0.909 bits per heavy atom. The normalized spacial score (nSPS) is 21.0. The Labute approximate surface area is 247 Å². The molecule has 0 N–H and O–H groups in total. The van der Waals surface area contributed by atoms with Gasteiger partial charge in [0.1, 0.15) is 11.6 Å². The van der Waals surface area contributed by atoms with Crippen LogP contribution in [0.5, 0.6) is 0 Å². The molecule has 2 atom stereocenters. The third-order valence-electron chi connectivity index (χ3n) is 5.72. The zero-order valence-corrected chi connectivity index (χ0v) is 25.8. The monoisotopic (exact) mass is 588 g/mol. The summed E-state index contributed by atoms with van der Waals surface area (Å²) < 4.78 is 31.7. The first kappa shape index (κ1) is 30.7. The van der Waals surface area contributed by atoms with Gasteiger partial charge in [0.15, 0.2) is 0 Å². The molecule has 0 aromatic heterocycles. The van der Waals surface area contributed by atoms with Gasteiger partial charge >= 0.3 is 37.7 Å². The van der Waals surface area contributed by atoms with Crippen molar-refractivity contribution in [1.29, 1.82) is 0 Å². The van der Waals surface area contributed by atoms with Crippen molar-refractivity contribution in [3.05, 3.63) is 60.2 Å². The quantitative estimate of drug-likeness (QED) is 0.273. The summed E-state index contributed by atoms with van der Waals surface area (Å²) in [5, 5.41) is -3.45. The third kappa shape index (κ3) is 8.23. The largest absolute Gasteiger partial charge is 2.00 e. The van der Waals surface area contributed by atoms with Crippen molar-refractivity contribution in [2.45, 2.75) is 38.5 Å². The Balaban J connectivity index is 0.000000227. The molecule has 2 heterocycles. The first-order valence-corrected chi connectivity index (χ1v) is 18.4. The minimum absolute atomic E-state index is 0. The second-order valence-corrected chi connectivity index (χ2v) is 19.9. The average molecular weight is 589 g/mol. The number of nitrogens with zero attached hydrogens (tertiary/aromatic N) is 2. The van der Waals surface area contributed by atoms with Gasteiger partial charge in [-0.2, -0.15) is 0 Å². The van der Waals surface area contributed by atoms with Crippen LogP contribution in [0.2, 0.25) is 0 Å². The molecule has 0 aliphatic carbocycles. The summed E-state index contributed by atoms with van der Waals surface area (Å²) in [7, 11) is 0. The molecule has 2 nitrogen and oxygen atoms in total.